The first-order valence-corrected chi connectivity index (χ1v) is 9.78. The van der Waals surface area contributed by atoms with Crippen LogP contribution in [0.15, 0.2) is 48.5 Å². The Hall–Kier alpha value is -3.08. The van der Waals surface area contributed by atoms with Gasteiger partial charge in [-0.05, 0) is 29.8 Å². The van der Waals surface area contributed by atoms with E-state index in [1.807, 2.05) is 12.1 Å². The summed E-state index contributed by atoms with van der Waals surface area (Å²) in [7, 11) is 0. The molecule has 0 amide bonds. The molecule has 4 unspecified atom stereocenters. The van der Waals surface area contributed by atoms with Crippen molar-refractivity contribution >= 4 is 29.1 Å². The Morgan fingerprint density at radius 3 is 1.93 bits per heavy atom. The lowest BCUT2D eigenvalue weighted by atomic mass is 9.53. The van der Waals surface area contributed by atoms with Crippen molar-refractivity contribution < 1.29 is 9.47 Å². The summed E-state index contributed by atoms with van der Waals surface area (Å²) in [6, 6.07) is 19.3. The Morgan fingerprint density at radius 2 is 1.43 bits per heavy atom. The predicted octanol–water partition coefficient (Wildman–Crippen LogP) is 5.10. The van der Waals surface area contributed by atoms with Crippen LogP contribution in [0.4, 0.5) is 0 Å². The minimum atomic E-state index is -2.02. The number of benzene rings is 2. The maximum Gasteiger partial charge on any atom is 0.244 e. The van der Waals surface area contributed by atoms with Crippen molar-refractivity contribution in [3.63, 3.8) is 0 Å². The average Bonchev–Trinajstić information content (AvgIpc) is 2.91. The van der Waals surface area contributed by atoms with Crippen molar-refractivity contribution in [2.24, 2.45) is 16.7 Å². The van der Waals surface area contributed by atoms with Gasteiger partial charge in [-0.2, -0.15) is 15.8 Å². The topological polar surface area (TPSA) is 114 Å². The molecule has 6 nitrogen and oxygen atoms in total. The largest absolute Gasteiger partial charge is 0.443 e. The average molecular weight is 437 g/mol. The monoisotopic (exact) mass is 436 g/mol. The van der Waals surface area contributed by atoms with Gasteiger partial charge in [-0.1, -0.05) is 54.4 Å². The molecule has 2 aromatic rings. The zero-order valence-corrected chi connectivity index (χ0v) is 17.2. The van der Waals surface area contributed by atoms with Gasteiger partial charge in [0.25, 0.3) is 0 Å². The molecular formula is C22H14Cl2N4O2. The van der Waals surface area contributed by atoms with Crippen LogP contribution in [-0.4, -0.2) is 5.90 Å². The highest BCUT2D eigenvalue weighted by Gasteiger charge is 2.79. The third-order valence-electron chi connectivity index (χ3n) is 6.09. The summed E-state index contributed by atoms with van der Waals surface area (Å²) in [4.78, 5) is 0. The number of halogens is 2. The third-order valence-corrected chi connectivity index (χ3v) is 6.59. The van der Waals surface area contributed by atoms with Crippen molar-refractivity contribution in [1.29, 1.82) is 21.2 Å². The van der Waals surface area contributed by atoms with E-state index in [4.69, 9.17) is 38.1 Å². The zero-order valence-electron chi connectivity index (χ0n) is 15.7. The van der Waals surface area contributed by atoms with Gasteiger partial charge in [0, 0.05) is 15.6 Å². The molecule has 4 rings (SSSR count). The molecule has 2 aliphatic rings. The smallest absolute Gasteiger partial charge is 0.244 e. The van der Waals surface area contributed by atoms with Crippen LogP contribution in [0, 0.1) is 56.2 Å². The summed E-state index contributed by atoms with van der Waals surface area (Å²) >= 11 is 12.0. The second-order valence-electron chi connectivity index (χ2n) is 7.33. The van der Waals surface area contributed by atoms with Gasteiger partial charge in [0.2, 0.25) is 17.1 Å². The van der Waals surface area contributed by atoms with E-state index in [-0.39, 0.29) is 0 Å². The minimum absolute atomic E-state index is 0.466. The van der Waals surface area contributed by atoms with E-state index in [0.29, 0.717) is 21.2 Å². The van der Waals surface area contributed by atoms with Gasteiger partial charge in [0.15, 0.2) is 5.41 Å². The Labute approximate surface area is 183 Å². The lowest BCUT2D eigenvalue weighted by molar-refractivity contribution is -0.288. The molecule has 148 valence electrons. The fourth-order valence-electron chi connectivity index (χ4n) is 4.49. The first-order chi connectivity index (χ1) is 14.3. The fourth-order valence-corrected chi connectivity index (χ4v) is 4.74. The summed E-state index contributed by atoms with van der Waals surface area (Å²) in [6.07, 6.45) is -1.17. The van der Waals surface area contributed by atoms with Gasteiger partial charge in [-0.3, -0.25) is 5.41 Å². The fraction of sp³-hybridized carbons (Fsp3) is 0.273. The highest BCUT2D eigenvalue weighted by molar-refractivity contribution is 6.30. The Balaban J connectivity index is 2.03. The van der Waals surface area contributed by atoms with Crippen LogP contribution in [0.1, 0.15) is 24.2 Å². The maximum absolute atomic E-state index is 10.3. The minimum Gasteiger partial charge on any atom is -0.443 e. The Morgan fingerprint density at radius 1 is 0.900 bits per heavy atom. The van der Waals surface area contributed by atoms with Crippen LogP contribution in [0.2, 0.25) is 10.0 Å². The summed E-state index contributed by atoms with van der Waals surface area (Å²) < 4.78 is 12.3. The first-order valence-electron chi connectivity index (χ1n) is 9.02. The molecule has 2 heterocycles. The van der Waals surface area contributed by atoms with Crippen LogP contribution < -0.4 is 0 Å². The molecule has 2 aliphatic heterocycles. The maximum atomic E-state index is 10.3. The van der Waals surface area contributed by atoms with Gasteiger partial charge in [0.05, 0.1) is 24.1 Å². The van der Waals surface area contributed by atoms with E-state index in [1.54, 1.807) is 55.5 Å². The van der Waals surface area contributed by atoms with Crippen LogP contribution in [0.25, 0.3) is 0 Å². The molecule has 4 atom stereocenters. The van der Waals surface area contributed by atoms with Crippen LogP contribution >= 0.6 is 23.2 Å². The third kappa shape index (κ3) is 2.29. The summed E-state index contributed by atoms with van der Waals surface area (Å²) in [5.74, 6) is -2.84. The molecule has 0 saturated carbocycles. The highest BCUT2D eigenvalue weighted by atomic mass is 35.5. The van der Waals surface area contributed by atoms with Crippen LogP contribution in [0.5, 0.6) is 0 Å². The zero-order chi connectivity index (χ0) is 21.7. The van der Waals surface area contributed by atoms with E-state index in [2.05, 4.69) is 6.07 Å². The lowest BCUT2D eigenvalue weighted by Gasteiger charge is -2.48. The van der Waals surface area contributed by atoms with Crippen molar-refractivity contribution in [3.05, 3.63) is 69.7 Å². The normalized spacial score (nSPS) is 31.1. The standard InChI is InChI=1S/C22H14Cl2N4O2/c1-13-21(12-27)19(28)30-22(13,15-4-8-17(24)9-5-15)29-18(20(21,10-25)11-26)14-2-6-16(23)7-3-14/h2-9,13,18,28H,1H3. The number of ether oxygens (including phenoxy) is 2. The summed E-state index contributed by atoms with van der Waals surface area (Å²) in [5.41, 5.74) is -2.85. The Kier molecular flexibility index (Phi) is 4.53. The second kappa shape index (κ2) is 6.73. The molecule has 2 fully saturated rings. The molecule has 2 bridgehead atoms. The SMILES string of the molecule is CC1C2(c3ccc(Cl)cc3)OC(=N)C1(C#N)C(C#N)(C#N)C(c1ccc(Cl)cc1)O2. The van der Waals surface area contributed by atoms with E-state index < -0.39 is 34.5 Å². The summed E-state index contributed by atoms with van der Waals surface area (Å²) in [5, 5.41) is 40.1. The van der Waals surface area contributed by atoms with Gasteiger partial charge >= 0.3 is 0 Å². The number of hydrogen-bond acceptors (Lipinski definition) is 6. The quantitative estimate of drug-likeness (QED) is 0.702. The van der Waals surface area contributed by atoms with Crippen molar-refractivity contribution in [2.45, 2.75) is 18.8 Å². The van der Waals surface area contributed by atoms with Crippen LogP contribution in [-0.2, 0) is 15.3 Å². The predicted molar refractivity (Wildman–Crippen MR) is 108 cm³/mol. The van der Waals surface area contributed by atoms with Crippen molar-refractivity contribution in [2.75, 3.05) is 0 Å². The van der Waals surface area contributed by atoms with E-state index in [1.165, 1.54) is 0 Å². The number of rotatable bonds is 2. The molecule has 8 heteroatoms. The summed E-state index contributed by atoms with van der Waals surface area (Å²) in [6.45, 7) is 1.65. The Bertz CT molecular complexity index is 1150. The highest BCUT2D eigenvalue weighted by Crippen LogP contribution is 2.68. The number of nitriles is 3. The van der Waals surface area contributed by atoms with Gasteiger partial charge in [-0.15, -0.1) is 0 Å². The van der Waals surface area contributed by atoms with E-state index in [9.17, 15) is 15.8 Å². The molecule has 0 radical (unpaired) electrons. The molecule has 0 spiro atoms. The van der Waals surface area contributed by atoms with E-state index >= 15 is 0 Å². The lowest BCUT2D eigenvalue weighted by Crippen LogP contribution is -2.57. The molecule has 2 saturated heterocycles. The molecule has 0 aromatic heterocycles. The number of nitrogens with zero attached hydrogens (tertiary/aromatic N) is 3. The second-order valence-corrected chi connectivity index (χ2v) is 8.20. The van der Waals surface area contributed by atoms with Crippen molar-refractivity contribution in [3.8, 4) is 18.2 Å². The number of nitrogens with one attached hydrogen (secondary N) is 1. The number of hydrogen-bond donors (Lipinski definition) is 1. The van der Waals surface area contributed by atoms with Gasteiger partial charge < -0.3 is 9.47 Å². The molecule has 2 aromatic carbocycles. The van der Waals surface area contributed by atoms with E-state index in [0.717, 1.165) is 0 Å². The van der Waals surface area contributed by atoms with Gasteiger partial charge in [-0.25, -0.2) is 0 Å². The van der Waals surface area contributed by atoms with Crippen LogP contribution in [0.3, 0.4) is 0 Å². The van der Waals surface area contributed by atoms with Crippen molar-refractivity contribution in [1.82, 2.24) is 0 Å². The first kappa shape index (κ1) is 20.2. The number of fused-ring (bicyclic) bond motifs is 2. The molecular weight excluding hydrogens is 423 g/mol. The van der Waals surface area contributed by atoms with Gasteiger partial charge in [0.1, 0.15) is 6.10 Å². The molecule has 1 N–H and O–H groups in total. The molecule has 0 aliphatic carbocycles. The molecule has 30 heavy (non-hydrogen) atoms.